The summed E-state index contributed by atoms with van der Waals surface area (Å²) in [6, 6.07) is 0. The maximum atomic E-state index is 2.73. The molecule has 0 aromatic heterocycles. The standard InChI is InChI=1S/C15H23N/c1-2-4-16(3-1)15-10-13-6-11-5-12(7-13)9-14(15)8-11/h10-14H,1-9H2. The van der Waals surface area contributed by atoms with Gasteiger partial charge in [0, 0.05) is 18.8 Å². The maximum Gasteiger partial charge on any atom is 0.0175 e. The molecule has 2 atom stereocenters. The monoisotopic (exact) mass is 217 g/mol. The number of rotatable bonds is 1. The van der Waals surface area contributed by atoms with Crippen LogP contribution in [-0.4, -0.2) is 18.0 Å². The van der Waals surface area contributed by atoms with Crippen LogP contribution in [0.4, 0.5) is 0 Å². The van der Waals surface area contributed by atoms with Crippen LogP contribution < -0.4 is 0 Å². The van der Waals surface area contributed by atoms with Gasteiger partial charge in [0.1, 0.15) is 0 Å². The van der Waals surface area contributed by atoms with Crippen LogP contribution in [0.25, 0.3) is 0 Å². The molecule has 2 saturated carbocycles. The molecule has 0 aromatic carbocycles. The van der Waals surface area contributed by atoms with E-state index in [0.29, 0.717) is 0 Å². The first kappa shape index (κ1) is 9.56. The molecule has 16 heavy (non-hydrogen) atoms. The number of hydrogen-bond acceptors (Lipinski definition) is 1. The molecular weight excluding hydrogens is 194 g/mol. The number of hydrogen-bond donors (Lipinski definition) is 0. The van der Waals surface area contributed by atoms with E-state index in [2.05, 4.69) is 11.0 Å². The molecule has 4 bridgehead atoms. The first-order valence-electron chi connectivity index (χ1n) is 7.35. The quantitative estimate of drug-likeness (QED) is 0.650. The zero-order valence-electron chi connectivity index (χ0n) is 10.2. The molecule has 2 unspecified atom stereocenters. The average molecular weight is 217 g/mol. The fourth-order valence-corrected chi connectivity index (χ4v) is 5.00. The minimum Gasteiger partial charge on any atom is -0.375 e. The van der Waals surface area contributed by atoms with Crippen LogP contribution in [0, 0.1) is 23.7 Å². The van der Waals surface area contributed by atoms with E-state index in [0.717, 1.165) is 23.7 Å². The Labute approximate surface area is 98.9 Å². The molecule has 0 N–H and O–H groups in total. The second-order valence-electron chi connectivity index (χ2n) is 6.65. The van der Waals surface area contributed by atoms with Crippen LogP contribution >= 0.6 is 0 Å². The highest BCUT2D eigenvalue weighted by Crippen LogP contribution is 2.51. The van der Waals surface area contributed by atoms with Crippen molar-refractivity contribution in [2.45, 2.75) is 44.9 Å². The average Bonchev–Trinajstić information content (AvgIpc) is 2.71. The van der Waals surface area contributed by atoms with E-state index in [1.54, 1.807) is 12.1 Å². The molecular formula is C15H23N. The van der Waals surface area contributed by atoms with Gasteiger partial charge in [-0.1, -0.05) is 6.08 Å². The summed E-state index contributed by atoms with van der Waals surface area (Å²) < 4.78 is 0. The third-order valence-corrected chi connectivity index (χ3v) is 5.47. The second kappa shape index (κ2) is 3.51. The summed E-state index contributed by atoms with van der Waals surface area (Å²) >= 11 is 0. The highest BCUT2D eigenvalue weighted by molar-refractivity contribution is 5.16. The third kappa shape index (κ3) is 1.43. The van der Waals surface area contributed by atoms with E-state index < -0.39 is 0 Å². The Hall–Kier alpha value is -0.460. The lowest BCUT2D eigenvalue weighted by atomic mass is 9.67. The summed E-state index contributed by atoms with van der Waals surface area (Å²) in [7, 11) is 0. The first-order chi connectivity index (χ1) is 7.88. The van der Waals surface area contributed by atoms with E-state index in [1.807, 2.05) is 0 Å². The van der Waals surface area contributed by atoms with E-state index in [1.165, 1.54) is 51.6 Å². The van der Waals surface area contributed by atoms with Crippen molar-refractivity contribution in [2.24, 2.45) is 23.7 Å². The predicted octanol–water partition coefficient (Wildman–Crippen LogP) is 3.42. The highest BCUT2D eigenvalue weighted by Gasteiger charge is 2.41. The van der Waals surface area contributed by atoms with Crippen LogP contribution in [0.5, 0.6) is 0 Å². The van der Waals surface area contributed by atoms with Crippen LogP contribution in [0.2, 0.25) is 0 Å². The summed E-state index contributed by atoms with van der Waals surface area (Å²) in [5, 5.41) is 0. The van der Waals surface area contributed by atoms with Crippen molar-refractivity contribution < 1.29 is 0 Å². The normalized spacial score (nSPS) is 46.0. The molecule has 1 nitrogen and oxygen atoms in total. The Morgan fingerprint density at radius 1 is 0.875 bits per heavy atom. The van der Waals surface area contributed by atoms with Gasteiger partial charge in [0.15, 0.2) is 0 Å². The SMILES string of the molecule is C1=C(N2CCCC2)C2CC3CC1CC(C3)C2. The Morgan fingerprint density at radius 2 is 1.56 bits per heavy atom. The lowest BCUT2D eigenvalue weighted by Crippen LogP contribution is -2.31. The zero-order valence-corrected chi connectivity index (χ0v) is 10.2. The molecule has 1 heterocycles. The molecule has 88 valence electrons. The predicted molar refractivity (Wildman–Crippen MR) is 65.9 cm³/mol. The summed E-state index contributed by atoms with van der Waals surface area (Å²) in [5.41, 5.74) is 1.78. The molecule has 1 heteroatoms. The van der Waals surface area contributed by atoms with Gasteiger partial charge in [-0.2, -0.15) is 0 Å². The van der Waals surface area contributed by atoms with Crippen molar-refractivity contribution in [3.63, 3.8) is 0 Å². The van der Waals surface area contributed by atoms with Gasteiger partial charge in [0.2, 0.25) is 0 Å². The molecule has 1 aliphatic heterocycles. The Bertz CT molecular complexity index is 299. The van der Waals surface area contributed by atoms with Crippen molar-refractivity contribution in [2.75, 3.05) is 13.1 Å². The minimum atomic E-state index is 0.951. The van der Waals surface area contributed by atoms with E-state index in [-0.39, 0.29) is 0 Å². The largest absolute Gasteiger partial charge is 0.375 e. The lowest BCUT2D eigenvalue weighted by Gasteiger charge is -2.40. The summed E-state index contributed by atoms with van der Waals surface area (Å²) in [6.45, 7) is 2.70. The zero-order chi connectivity index (χ0) is 10.5. The van der Waals surface area contributed by atoms with E-state index in [9.17, 15) is 0 Å². The Morgan fingerprint density at radius 3 is 2.25 bits per heavy atom. The van der Waals surface area contributed by atoms with Crippen LogP contribution in [0.3, 0.4) is 0 Å². The van der Waals surface area contributed by atoms with Gasteiger partial charge >= 0.3 is 0 Å². The molecule has 5 rings (SSSR count). The van der Waals surface area contributed by atoms with Crippen molar-refractivity contribution in [1.29, 1.82) is 0 Å². The van der Waals surface area contributed by atoms with E-state index >= 15 is 0 Å². The van der Waals surface area contributed by atoms with Crippen molar-refractivity contribution in [3.8, 4) is 0 Å². The first-order valence-corrected chi connectivity index (χ1v) is 7.35. The summed E-state index contributed by atoms with van der Waals surface area (Å²) in [4.78, 5) is 2.73. The topological polar surface area (TPSA) is 3.24 Å². The van der Waals surface area contributed by atoms with Gasteiger partial charge in [0.25, 0.3) is 0 Å². The van der Waals surface area contributed by atoms with Gasteiger partial charge in [-0.25, -0.2) is 0 Å². The highest BCUT2D eigenvalue weighted by atomic mass is 15.2. The summed E-state index contributed by atoms with van der Waals surface area (Å²) in [5.74, 6) is 4.07. The minimum absolute atomic E-state index is 0.951. The Balaban J connectivity index is 1.66. The molecule has 4 aliphatic carbocycles. The maximum absolute atomic E-state index is 2.73. The number of nitrogens with zero attached hydrogens (tertiary/aromatic N) is 1. The van der Waals surface area contributed by atoms with Gasteiger partial charge < -0.3 is 4.90 Å². The van der Waals surface area contributed by atoms with Crippen molar-refractivity contribution >= 4 is 0 Å². The lowest BCUT2D eigenvalue weighted by molar-refractivity contribution is 0.132. The Kier molecular flexibility index (Phi) is 2.10. The molecule has 1 saturated heterocycles. The van der Waals surface area contributed by atoms with Gasteiger partial charge in [-0.05, 0) is 68.6 Å². The molecule has 0 amide bonds. The molecule has 0 spiro atoms. The molecule has 0 radical (unpaired) electrons. The second-order valence-corrected chi connectivity index (χ2v) is 6.65. The van der Waals surface area contributed by atoms with Gasteiger partial charge in [-0.15, -0.1) is 0 Å². The number of likely N-dealkylation sites (tertiary alicyclic amines) is 1. The fourth-order valence-electron chi connectivity index (χ4n) is 5.00. The van der Waals surface area contributed by atoms with E-state index in [4.69, 9.17) is 0 Å². The van der Waals surface area contributed by atoms with Gasteiger partial charge in [-0.3, -0.25) is 0 Å². The smallest absolute Gasteiger partial charge is 0.0175 e. The molecule has 5 aliphatic rings. The van der Waals surface area contributed by atoms with Crippen LogP contribution in [0.15, 0.2) is 11.8 Å². The molecule has 0 aromatic rings. The third-order valence-electron chi connectivity index (χ3n) is 5.47. The van der Waals surface area contributed by atoms with Crippen LogP contribution in [0.1, 0.15) is 44.9 Å². The fraction of sp³-hybridized carbons (Fsp3) is 0.867. The van der Waals surface area contributed by atoms with Gasteiger partial charge in [0.05, 0.1) is 0 Å². The van der Waals surface area contributed by atoms with Crippen molar-refractivity contribution in [3.05, 3.63) is 11.8 Å². The van der Waals surface area contributed by atoms with Crippen LogP contribution in [-0.2, 0) is 0 Å². The van der Waals surface area contributed by atoms with Crippen molar-refractivity contribution in [1.82, 2.24) is 4.90 Å². The summed E-state index contributed by atoms with van der Waals surface area (Å²) in [6.07, 6.45) is 13.2. The molecule has 3 fully saturated rings. The number of allylic oxidation sites excluding steroid dienone is 2.